The van der Waals surface area contributed by atoms with E-state index in [0.29, 0.717) is 11.7 Å². The number of nitrogens with one attached hydrogen (secondary N) is 1. The molecule has 3 aliphatic rings. The fourth-order valence-corrected chi connectivity index (χ4v) is 4.31. The van der Waals surface area contributed by atoms with Gasteiger partial charge in [0, 0.05) is 69.8 Å². The molecule has 1 atom stereocenters. The molecule has 0 bridgehead atoms. The van der Waals surface area contributed by atoms with Gasteiger partial charge in [0.15, 0.2) is 11.6 Å². The Labute approximate surface area is 194 Å². The average molecular weight is 459 g/mol. The summed E-state index contributed by atoms with van der Waals surface area (Å²) in [6.45, 7) is 7.29. The number of anilines is 1. The predicted molar refractivity (Wildman–Crippen MR) is 129 cm³/mol. The normalized spacial score (nSPS) is 23.6. The summed E-state index contributed by atoms with van der Waals surface area (Å²) in [5, 5.41) is 8.58. The van der Waals surface area contributed by atoms with Crippen LogP contribution < -0.4 is 16.2 Å². The van der Waals surface area contributed by atoms with Crippen LogP contribution in [0.25, 0.3) is 0 Å². The Bertz CT molecular complexity index is 945. The molecule has 1 unspecified atom stereocenters. The van der Waals surface area contributed by atoms with Crippen LogP contribution >= 0.6 is 0 Å². The number of amidine groups is 1. The van der Waals surface area contributed by atoms with Gasteiger partial charge in [-0.2, -0.15) is 0 Å². The lowest BCUT2D eigenvalue weighted by atomic mass is 10.0. The number of hydrogen-bond acceptors (Lipinski definition) is 7. The van der Waals surface area contributed by atoms with Gasteiger partial charge < -0.3 is 25.8 Å². The van der Waals surface area contributed by atoms with Gasteiger partial charge in [-0.05, 0) is 38.7 Å². The molecule has 8 nitrogen and oxygen atoms in total. The largest absolute Gasteiger partial charge is 0.484 e. The molecule has 9 heteroatoms. The number of nitrogens with zero attached hydrogens (tertiary/aromatic N) is 3. The van der Waals surface area contributed by atoms with E-state index >= 15 is 0 Å². The molecule has 0 radical (unpaired) electrons. The molecule has 33 heavy (non-hydrogen) atoms. The molecule has 1 aliphatic carbocycles. The van der Waals surface area contributed by atoms with Gasteiger partial charge >= 0.3 is 0 Å². The van der Waals surface area contributed by atoms with Gasteiger partial charge in [-0.15, -0.1) is 0 Å². The SMILES string of the molecule is CN=C(C=C(N)C(=N)c1cc(OC2(C)CC2)c(F)cc1N)N1CCN(CC2CCCO2)CC1. The number of aliphatic imine (C=N–C) groups is 1. The Kier molecular flexibility index (Phi) is 6.90. The fraction of sp³-hybridized carbons (Fsp3) is 0.583. The molecule has 2 heterocycles. The maximum absolute atomic E-state index is 14.4. The molecule has 180 valence electrons. The van der Waals surface area contributed by atoms with E-state index in [1.165, 1.54) is 12.1 Å². The van der Waals surface area contributed by atoms with Gasteiger partial charge in [-0.1, -0.05) is 0 Å². The summed E-state index contributed by atoms with van der Waals surface area (Å²) in [5.74, 6) is 0.288. The first kappa shape index (κ1) is 23.5. The van der Waals surface area contributed by atoms with E-state index in [2.05, 4.69) is 14.8 Å². The number of ether oxygens (including phenoxy) is 2. The number of nitrogens with two attached hydrogens (primary N) is 2. The topological polar surface area (TPSA) is 113 Å². The van der Waals surface area contributed by atoms with Crippen LogP contribution in [0.2, 0.25) is 0 Å². The third kappa shape index (κ3) is 5.65. The molecule has 2 aliphatic heterocycles. The lowest BCUT2D eigenvalue weighted by Gasteiger charge is -2.36. The van der Waals surface area contributed by atoms with E-state index in [-0.39, 0.29) is 28.4 Å². The van der Waals surface area contributed by atoms with E-state index in [0.717, 1.165) is 70.8 Å². The number of hydrogen-bond donors (Lipinski definition) is 3. The maximum Gasteiger partial charge on any atom is 0.167 e. The first-order valence-electron chi connectivity index (χ1n) is 11.7. The van der Waals surface area contributed by atoms with Crippen LogP contribution in [-0.4, -0.2) is 79.4 Å². The molecule has 1 aromatic rings. The van der Waals surface area contributed by atoms with Crippen molar-refractivity contribution >= 4 is 17.2 Å². The monoisotopic (exact) mass is 458 g/mol. The molecule has 2 saturated heterocycles. The minimum Gasteiger partial charge on any atom is -0.484 e. The van der Waals surface area contributed by atoms with Gasteiger partial charge in [0.1, 0.15) is 11.4 Å². The number of allylic oxidation sites excluding steroid dienone is 1. The fourth-order valence-electron chi connectivity index (χ4n) is 4.31. The molecule has 1 saturated carbocycles. The van der Waals surface area contributed by atoms with Gasteiger partial charge in [-0.25, -0.2) is 4.39 Å². The van der Waals surface area contributed by atoms with Crippen LogP contribution in [0.1, 0.15) is 38.2 Å². The second kappa shape index (κ2) is 9.69. The number of piperazine rings is 1. The standard InChI is InChI=1S/C24H35FN6O2/c1-24(5-6-24)33-21-12-17(19(26)13-18(21)25)23(28)20(27)14-22(29-2)31-9-7-30(8-10-31)15-16-4-3-11-32-16/h12-14,16,28H,3-11,15,26-27H2,1-2H3. The van der Waals surface area contributed by atoms with Crippen LogP contribution in [0.5, 0.6) is 5.75 Å². The van der Waals surface area contributed by atoms with Crippen LogP contribution in [0.3, 0.4) is 0 Å². The van der Waals surface area contributed by atoms with Crippen molar-refractivity contribution in [1.29, 1.82) is 5.41 Å². The van der Waals surface area contributed by atoms with Gasteiger partial charge in [0.25, 0.3) is 0 Å². The Morgan fingerprint density at radius 1 is 1.33 bits per heavy atom. The van der Waals surface area contributed by atoms with Crippen LogP contribution in [0, 0.1) is 11.2 Å². The second-order valence-electron chi connectivity index (χ2n) is 9.40. The van der Waals surface area contributed by atoms with E-state index in [1.807, 2.05) is 6.92 Å². The van der Waals surface area contributed by atoms with Gasteiger partial charge in [-0.3, -0.25) is 15.3 Å². The van der Waals surface area contributed by atoms with Crippen molar-refractivity contribution in [2.45, 2.75) is 44.3 Å². The molecule has 0 amide bonds. The molecule has 0 spiro atoms. The third-order valence-electron chi connectivity index (χ3n) is 6.67. The van der Waals surface area contributed by atoms with Crippen LogP contribution in [0.15, 0.2) is 28.9 Å². The Hall–Kier alpha value is -2.65. The number of halogens is 1. The smallest absolute Gasteiger partial charge is 0.167 e. The molecule has 3 fully saturated rings. The van der Waals surface area contributed by atoms with Crippen LogP contribution in [0.4, 0.5) is 10.1 Å². The number of benzene rings is 1. The molecule has 1 aromatic carbocycles. The van der Waals surface area contributed by atoms with Crippen molar-refractivity contribution in [3.05, 3.63) is 35.3 Å². The first-order chi connectivity index (χ1) is 15.8. The third-order valence-corrected chi connectivity index (χ3v) is 6.67. The highest BCUT2D eigenvalue weighted by Gasteiger charge is 2.40. The summed E-state index contributed by atoms with van der Waals surface area (Å²) >= 11 is 0. The zero-order valence-corrected chi connectivity index (χ0v) is 19.6. The van der Waals surface area contributed by atoms with Crippen molar-refractivity contribution in [3.63, 3.8) is 0 Å². The van der Waals surface area contributed by atoms with Crippen molar-refractivity contribution in [3.8, 4) is 5.75 Å². The first-order valence-corrected chi connectivity index (χ1v) is 11.7. The van der Waals surface area contributed by atoms with Gasteiger partial charge in [0.2, 0.25) is 0 Å². The Morgan fingerprint density at radius 3 is 2.67 bits per heavy atom. The minimum absolute atomic E-state index is 0.0245. The quantitative estimate of drug-likeness (QED) is 0.328. The molecule has 0 aromatic heterocycles. The summed E-state index contributed by atoms with van der Waals surface area (Å²) in [6, 6.07) is 2.67. The highest BCUT2D eigenvalue weighted by molar-refractivity contribution is 6.15. The van der Waals surface area contributed by atoms with Crippen LogP contribution in [-0.2, 0) is 4.74 Å². The van der Waals surface area contributed by atoms with Gasteiger partial charge in [0.05, 0.1) is 17.5 Å². The Morgan fingerprint density at radius 2 is 2.06 bits per heavy atom. The summed E-state index contributed by atoms with van der Waals surface area (Å²) in [4.78, 5) is 8.99. The summed E-state index contributed by atoms with van der Waals surface area (Å²) in [7, 11) is 1.72. The molecular weight excluding hydrogens is 423 g/mol. The molecule has 4 rings (SSSR count). The lowest BCUT2D eigenvalue weighted by Crippen LogP contribution is -2.50. The van der Waals surface area contributed by atoms with E-state index in [9.17, 15) is 4.39 Å². The minimum atomic E-state index is -0.531. The molecule has 5 N–H and O–H groups in total. The predicted octanol–water partition coefficient (Wildman–Crippen LogP) is 2.37. The van der Waals surface area contributed by atoms with E-state index < -0.39 is 5.82 Å². The number of rotatable bonds is 7. The highest BCUT2D eigenvalue weighted by atomic mass is 19.1. The van der Waals surface area contributed by atoms with Crippen molar-refractivity contribution in [2.24, 2.45) is 10.7 Å². The lowest BCUT2D eigenvalue weighted by molar-refractivity contribution is 0.0604. The summed E-state index contributed by atoms with van der Waals surface area (Å²) < 4.78 is 25.9. The highest BCUT2D eigenvalue weighted by Crippen LogP contribution is 2.41. The maximum atomic E-state index is 14.4. The van der Waals surface area contributed by atoms with Crippen molar-refractivity contribution in [2.75, 3.05) is 52.1 Å². The Balaban J connectivity index is 1.41. The van der Waals surface area contributed by atoms with E-state index in [1.54, 1.807) is 13.1 Å². The zero-order chi connectivity index (χ0) is 23.6. The van der Waals surface area contributed by atoms with Crippen molar-refractivity contribution < 1.29 is 13.9 Å². The second-order valence-corrected chi connectivity index (χ2v) is 9.40. The summed E-state index contributed by atoms with van der Waals surface area (Å²) in [5.41, 5.74) is 12.7. The number of nitrogen functional groups attached to an aromatic ring is 1. The van der Waals surface area contributed by atoms with Crippen molar-refractivity contribution in [1.82, 2.24) is 9.80 Å². The molecular formula is C24H35FN6O2. The zero-order valence-electron chi connectivity index (χ0n) is 19.6. The van der Waals surface area contributed by atoms with E-state index in [4.69, 9.17) is 26.4 Å². The average Bonchev–Trinajstić information content (AvgIpc) is 3.29. The summed E-state index contributed by atoms with van der Waals surface area (Å²) in [6.07, 6.45) is 6.10.